The number of thioether (sulfide) groups is 2. The second kappa shape index (κ2) is 6.12. The largest absolute Gasteiger partial charge is 0.455 e. The molecule has 3 nitrogen and oxygen atoms in total. The molecule has 0 saturated heterocycles. The fraction of sp³-hybridized carbons (Fsp3) is 0.143. The number of hydrogen-bond donors (Lipinski definition) is 2. The van der Waals surface area contributed by atoms with Crippen LogP contribution >= 0.6 is 23.5 Å². The van der Waals surface area contributed by atoms with Gasteiger partial charge in [0.2, 0.25) is 0 Å². The Hall–Kier alpha value is -1.46. The van der Waals surface area contributed by atoms with Gasteiger partial charge in [0.25, 0.3) is 0 Å². The molecule has 100 valence electrons. The van der Waals surface area contributed by atoms with Gasteiger partial charge < -0.3 is 16.2 Å². The average Bonchev–Trinajstić information content (AvgIpc) is 2.42. The Morgan fingerprint density at radius 2 is 1.21 bits per heavy atom. The van der Waals surface area contributed by atoms with Gasteiger partial charge >= 0.3 is 0 Å². The Kier molecular flexibility index (Phi) is 4.50. The van der Waals surface area contributed by atoms with Gasteiger partial charge in [-0.1, -0.05) is 0 Å². The molecule has 5 heteroatoms. The first-order valence-corrected chi connectivity index (χ1v) is 8.14. The lowest BCUT2D eigenvalue weighted by atomic mass is 10.3. The van der Waals surface area contributed by atoms with Crippen LogP contribution in [-0.4, -0.2) is 12.5 Å². The number of anilines is 2. The Balaban J connectivity index is 2.36. The Morgan fingerprint density at radius 3 is 1.58 bits per heavy atom. The van der Waals surface area contributed by atoms with Crippen LogP contribution in [0.4, 0.5) is 11.4 Å². The summed E-state index contributed by atoms with van der Waals surface area (Å²) in [6.07, 6.45) is 4.00. The molecule has 0 aliphatic heterocycles. The third kappa shape index (κ3) is 3.30. The highest BCUT2D eigenvalue weighted by Crippen LogP contribution is 2.37. The molecule has 0 amide bonds. The van der Waals surface area contributed by atoms with Crippen LogP contribution in [0.1, 0.15) is 0 Å². The van der Waals surface area contributed by atoms with E-state index < -0.39 is 0 Å². The van der Waals surface area contributed by atoms with Gasteiger partial charge in [0.15, 0.2) is 0 Å². The molecule has 2 aromatic carbocycles. The Labute approximate surface area is 121 Å². The number of rotatable bonds is 4. The molecule has 0 radical (unpaired) electrons. The molecule has 0 spiro atoms. The lowest BCUT2D eigenvalue weighted by molar-refractivity contribution is 0.460. The van der Waals surface area contributed by atoms with Gasteiger partial charge in [-0.15, -0.1) is 23.5 Å². The van der Waals surface area contributed by atoms with Crippen molar-refractivity contribution in [1.29, 1.82) is 0 Å². The van der Waals surface area contributed by atoms with Crippen molar-refractivity contribution in [1.82, 2.24) is 0 Å². The molecule has 0 unspecified atom stereocenters. The molecule has 0 aliphatic carbocycles. The number of nitrogen functional groups attached to an aromatic ring is 2. The lowest BCUT2D eigenvalue weighted by Gasteiger charge is -2.13. The van der Waals surface area contributed by atoms with Gasteiger partial charge in [-0.05, 0) is 48.9 Å². The van der Waals surface area contributed by atoms with Gasteiger partial charge in [0.05, 0.1) is 9.79 Å². The zero-order valence-corrected chi connectivity index (χ0v) is 12.5. The van der Waals surface area contributed by atoms with Crippen LogP contribution in [0.25, 0.3) is 0 Å². The maximum absolute atomic E-state index is 5.98. The van der Waals surface area contributed by atoms with Gasteiger partial charge in [-0.2, -0.15) is 0 Å². The van der Waals surface area contributed by atoms with Crippen molar-refractivity contribution in [2.75, 3.05) is 24.0 Å². The first-order valence-electron chi connectivity index (χ1n) is 5.69. The van der Waals surface area contributed by atoms with E-state index in [1.54, 1.807) is 23.5 Å². The summed E-state index contributed by atoms with van der Waals surface area (Å²) in [5.41, 5.74) is 13.0. The monoisotopic (exact) mass is 292 g/mol. The third-order valence-electron chi connectivity index (χ3n) is 2.60. The van der Waals surface area contributed by atoms with Crippen molar-refractivity contribution in [3.63, 3.8) is 0 Å². The van der Waals surface area contributed by atoms with Crippen LogP contribution in [0.2, 0.25) is 0 Å². The van der Waals surface area contributed by atoms with Gasteiger partial charge in [0, 0.05) is 11.4 Å². The van der Waals surface area contributed by atoms with Gasteiger partial charge in [0.1, 0.15) is 11.5 Å². The zero-order chi connectivity index (χ0) is 13.8. The number of ether oxygens (including phenoxy) is 1. The lowest BCUT2D eigenvalue weighted by Crippen LogP contribution is -1.92. The van der Waals surface area contributed by atoms with Gasteiger partial charge in [-0.25, -0.2) is 0 Å². The fourth-order valence-electron chi connectivity index (χ4n) is 1.66. The van der Waals surface area contributed by atoms with E-state index in [1.165, 1.54) is 0 Å². The minimum atomic E-state index is 0.735. The fourth-order valence-corrected chi connectivity index (χ4v) is 2.79. The second-order valence-corrected chi connectivity index (χ2v) is 5.62. The molecule has 19 heavy (non-hydrogen) atoms. The van der Waals surface area contributed by atoms with Crippen LogP contribution in [0.15, 0.2) is 46.2 Å². The molecule has 0 bridgehead atoms. The van der Waals surface area contributed by atoms with Crippen LogP contribution < -0.4 is 16.2 Å². The highest BCUT2D eigenvalue weighted by Gasteiger charge is 2.08. The molecule has 0 aliphatic rings. The van der Waals surface area contributed by atoms with E-state index in [1.807, 2.05) is 48.9 Å². The van der Waals surface area contributed by atoms with E-state index in [9.17, 15) is 0 Å². The molecule has 4 N–H and O–H groups in total. The van der Waals surface area contributed by atoms with Crippen LogP contribution in [0.3, 0.4) is 0 Å². The van der Waals surface area contributed by atoms with Crippen molar-refractivity contribution in [2.24, 2.45) is 0 Å². The van der Waals surface area contributed by atoms with Crippen LogP contribution in [0.5, 0.6) is 11.5 Å². The third-order valence-corrected chi connectivity index (χ3v) is 4.11. The van der Waals surface area contributed by atoms with E-state index >= 15 is 0 Å². The van der Waals surface area contributed by atoms with E-state index in [0.29, 0.717) is 0 Å². The van der Waals surface area contributed by atoms with E-state index in [4.69, 9.17) is 16.2 Å². The maximum atomic E-state index is 5.98. The topological polar surface area (TPSA) is 61.3 Å². The molecular formula is C14H16N2OS2. The summed E-state index contributed by atoms with van der Waals surface area (Å²) in [7, 11) is 0. The first-order chi connectivity index (χ1) is 9.13. The van der Waals surface area contributed by atoms with E-state index in [2.05, 4.69) is 0 Å². The van der Waals surface area contributed by atoms with Crippen LogP contribution in [-0.2, 0) is 0 Å². The number of benzene rings is 2. The number of nitrogens with two attached hydrogens (primary N) is 2. The van der Waals surface area contributed by atoms with Gasteiger partial charge in [-0.3, -0.25) is 0 Å². The molecule has 2 aromatic rings. The van der Waals surface area contributed by atoms with Crippen LogP contribution in [0, 0.1) is 0 Å². The zero-order valence-electron chi connectivity index (χ0n) is 10.8. The summed E-state index contributed by atoms with van der Waals surface area (Å²) in [6, 6.07) is 11.3. The predicted octanol–water partition coefficient (Wildman–Crippen LogP) is 4.09. The maximum Gasteiger partial charge on any atom is 0.141 e. The molecule has 0 atom stereocenters. The molecule has 0 saturated carbocycles. The SMILES string of the molecule is CSc1cc(N)ccc1Oc1ccc(N)cc1SC. The quantitative estimate of drug-likeness (QED) is 0.656. The minimum Gasteiger partial charge on any atom is -0.455 e. The normalized spacial score (nSPS) is 10.4. The summed E-state index contributed by atoms with van der Waals surface area (Å²) in [4.78, 5) is 2.03. The Bertz CT molecular complexity index is 536. The van der Waals surface area contributed by atoms with Crippen molar-refractivity contribution in [3.8, 4) is 11.5 Å². The standard InChI is InChI=1S/C14H16N2OS2/c1-18-13-7-9(15)3-5-11(13)17-12-6-4-10(16)8-14(12)19-2/h3-8H,15-16H2,1-2H3. The highest BCUT2D eigenvalue weighted by atomic mass is 32.2. The van der Waals surface area contributed by atoms with Crippen molar-refractivity contribution < 1.29 is 4.74 Å². The summed E-state index contributed by atoms with van der Waals surface area (Å²) in [5.74, 6) is 1.61. The van der Waals surface area contributed by atoms with Crippen molar-refractivity contribution >= 4 is 34.9 Å². The second-order valence-electron chi connectivity index (χ2n) is 3.92. The summed E-state index contributed by atoms with van der Waals surface area (Å²) in [5, 5.41) is 0. The smallest absolute Gasteiger partial charge is 0.141 e. The molecule has 2 rings (SSSR count). The first kappa shape index (κ1) is 14.0. The molecule has 0 fully saturated rings. The minimum absolute atomic E-state index is 0.735. The van der Waals surface area contributed by atoms with Crippen molar-refractivity contribution in [3.05, 3.63) is 36.4 Å². The Morgan fingerprint density at radius 1 is 0.789 bits per heavy atom. The number of hydrogen-bond acceptors (Lipinski definition) is 5. The highest BCUT2D eigenvalue weighted by molar-refractivity contribution is 7.99. The average molecular weight is 292 g/mol. The molecule has 0 heterocycles. The molecule has 0 aromatic heterocycles. The van der Waals surface area contributed by atoms with E-state index in [0.717, 1.165) is 32.7 Å². The molecular weight excluding hydrogens is 276 g/mol. The predicted molar refractivity (Wildman–Crippen MR) is 85.3 cm³/mol. The summed E-state index contributed by atoms with van der Waals surface area (Å²) in [6.45, 7) is 0. The van der Waals surface area contributed by atoms with E-state index in [-0.39, 0.29) is 0 Å². The summed E-state index contributed by atoms with van der Waals surface area (Å²) >= 11 is 3.22. The van der Waals surface area contributed by atoms with Crippen molar-refractivity contribution in [2.45, 2.75) is 9.79 Å². The summed E-state index contributed by atoms with van der Waals surface area (Å²) < 4.78 is 5.98.